The molecule has 0 saturated heterocycles. The second kappa shape index (κ2) is 5.74. The number of aryl methyl sites for hydroxylation is 2. The van der Waals surface area contributed by atoms with Gasteiger partial charge in [-0.3, -0.25) is 4.68 Å². The molecule has 7 heteroatoms. The third-order valence-electron chi connectivity index (χ3n) is 2.95. The predicted octanol–water partition coefficient (Wildman–Crippen LogP) is 0.699. The van der Waals surface area contributed by atoms with E-state index in [-0.39, 0.29) is 18.0 Å². The van der Waals surface area contributed by atoms with Gasteiger partial charge in [-0.25, -0.2) is 13.1 Å². The van der Waals surface area contributed by atoms with Crippen molar-refractivity contribution in [2.45, 2.75) is 25.0 Å². The summed E-state index contributed by atoms with van der Waals surface area (Å²) in [6, 6.07) is 4.88. The highest BCUT2D eigenvalue weighted by atomic mass is 32.2. The van der Waals surface area contributed by atoms with Gasteiger partial charge in [-0.05, 0) is 24.1 Å². The number of aliphatic hydroxyl groups excluding tert-OH is 1. The molecule has 2 rings (SSSR count). The van der Waals surface area contributed by atoms with Crippen LogP contribution in [-0.4, -0.2) is 23.3 Å². The molecular weight excluding hydrogens is 278 g/mol. The fourth-order valence-electron chi connectivity index (χ4n) is 1.85. The molecule has 0 atom stereocenters. The lowest BCUT2D eigenvalue weighted by atomic mass is 10.2. The average Bonchev–Trinajstić information content (AvgIpc) is 2.83. The number of aliphatic hydroxyl groups is 1. The Balaban J connectivity index is 2.21. The summed E-state index contributed by atoms with van der Waals surface area (Å²) in [5.41, 5.74) is 1.99. The van der Waals surface area contributed by atoms with Gasteiger partial charge >= 0.3 is 0 Å². The first-order chi connectivity index (χ1) is 9.42. The van der Waals surface area contributed by atoms with Crippen LogP contribution in [0, 0.1) is 6.92 Å². The molecule has 0 fully saturated rings. The van der Waals surface area contributed by atoms with Crippen LogP contribution >= 0.6 is 0 Å². The maximum absolute atomic E-state index is 12.3. The van der Waals surface area contributed by atoms with Crippen LogP contribution in [-0.2, 0) is 30.2 Å². The summed E-state index contributed by atoms with van der Waals surface area (Å²) >= 11 is 0. The van der Waals surface area contributed by atoms with E-state index in [9.17, 15) is 8.42 Å². The van der Waals surface area contributed by atoms with Gasteiger partial charge in [0.15, 0.2) is 0 Å². The Morgan fingerprint density at radius 1 is 1.35 bits per heavy atom. The molecule has 0 unspecified atom stereocenters. The number of rotatable bonds is 5. The van der Waals surface area contributed by atoms with E-state index < -0.39 is 10.0 Å². The van der Waals surface area contributed by atoms with Gasteiger partial charge < -0.3 is 5.11 Å². The van der Waals surface area contributed by atoms with Crippen molar-refractivity contribution in [1.29, 1.82) is 0 Å². The van der Waals surface area contributed by atoms with E-state index in [2.05, 4.69) is 9.82 Å². The van der Waals surface area contributed by atoms with Gasteiger partial charge in [0.2, 0.25) is 10.0 Å². The summed E-state index contributed by atoms with van der Waals surface area (Å²) in [4.78, 5) is 0.188. The van der Waals surface area contributed by atoms with Crippen LogP contribution in [0.5, 0.6) is 0 Å². The molecule has 0 aliphatic carbocycles. The highest BCUT2D eigenvalue weighted by Gasteiger charge is 2.17. The first-order valence-corrected chi connectivity index (χ1v) is 7.58. The van der Waals surface area contributed by atoms with Crippen LogP contribution in [0.4, 0.5) is 0 Å². The topological polar surface area (TPSA) is 84.2 Å². The summed E-state index contributed by atoms with van der Waals surface area (Å²) in [6.07, 6.45) is 3.36. The third-order valence-corrected chi connectivity index (χ3v) is 4.49. The number of nitrogens with zero attached hydrogens (tertiary/aromatic N) is 2. The lowest BCUT2D eigenvalue weighted by molar-refractivity contribution is 0.281. The second-order valence-electron chi connectivity index (χ2n) is 4.60. The monoisotopic (exact) mass is 295 g/mol. The molecule has 6 nitrogen and oxygen atoms in total. The van der Waals surface area contributed by atoms with Gasteiger partial charge in [0.1, 0.15) is 0 Å². The Morgan fingerprint density at radius 2 is 2.10 bits per heavy atom. The van der Waals surface area contributed by atoms with E-state index in [0.29, 0.717) is 11.1 Å². The lowest BCUT2D eigenvalue weighted by Crippen LogP contribution is -2.24. The van der Waals surface area contributed by atoms with Crippen molar-refractivity contribution >= 4 is 10.0 Å². The van der Waals surface area contributed by atoms with Gasteiger partial charge in [0, 0.05) is 25.4 Å². The van der Waals surface area contributed by atoms with Crippen LogP contribution in [0.1, 0.15) is 16.7 Å². The molecule has 0 radical (unpaired) electrons. The molecule has 20 heavy (non-hydrogen) atoms. The highest BCUT2D eigenvalue weighted by Crippen LogP contribution is 2.17. The quantitative estimate of drug-likeness (QED) is 0.850. The molecule has 2 aromatic rings. The van der Waals surface area contributed by atoms with E-state index in [0.717, 1.165) is 5.56 Å². The lowest BCUT2D eigenvalue weighted by Gasteiger charge is -2.10. The molecule has 0 saturated carbocycles. The summed E-state index contributed by atoms with van der Waals surface area (Å²) in [7, 11) is -1.84. The average molecular weight is 295 g/mol. The van der Waals surface area contributed by atoms with Crippen LogP contribution < -0.4 is 4.72 Å². The highest BCUT2D eigenvalue weighted by molar-refractivity contribution is 7.89. The van der Waals surface area contributed by atoms with Crippen molar-refractivity contribution in [3.8, 4) is 0 Å². The van der Waals surface area contributed by atoms with Crippen LogP contribution in [0.2, 0.25) is 0 Å². The molecule has 108 valence electrons. The zero-order valence-electron chi connectivity index (χ0n) is 11.4. The summed E-state index contributed by atoms with van der Waals surface area (Å²) in [6.45, 7) is 1.71. The number of nitrogens with one attached hydrogen (secondary N) is 1. The molecule has 0 spiro atoms. The largest absolute Gasteiger partial charge is 0.392 e. The summed E-state index contributed by atoms with van der Waals surface area (Å²) < 4.78 is 28.7. The number of hydrogen-bond acceptors (Lipinski definition) is 4. The summed E-state index contributed by atoms with van der Waals surface area (Å²) in [5, 5.41) is 13.1. The summed E-state index contributed by atoms with van der Waals surface area (Å²) in [5.74, 6) is 0. The fraction of sp³-hybridized carbons (Fsp3) is 0.308. The molecule has 1 heterocycles. The van der Waals surface area contributed by atoms with Gasteiger partial charge in [-0.15, -0.1) is 0 Å². The van der Waals surface area contributed by atoms with Crippen LogP contribution in [0.25, 0.3) is 0 Å². The number of hydrogen-bond donors (Lipinski definition) is 2. The first kappa shape index (κ1) is 14.7. The minimum Gasteiger partial charge on any atom is -0.392 e. The van der Waals surface area contributed by atoms with Gasteiger partial charge in [-0.2, -0.15) is 5.10 Å². The van der Waals surface area contributed by atoms with E-state index in [1.54, 1.807) is 43.2 Å². The second-order valence-corrected chi connectivity index (χ2v) is 6.34. The molecule has 0 amide bonds. The Morgan fingerprint density at radius 3 is 2.70 bits per heavy atom. The zero-order chi connectivity index (χ0) is 14.8. The molecule has 1 aromatic heterocycles. The fourth-order valence-corrected chi connectivity index (χ4v) is 3.16. The third kappa shape index (κ3) is 3.24. The van der Waals surface area contributed by atoms with Crippen LogP contribution in [0.3, 0.4) is 0 Å². The molecular formula is C13H17N3O3S. The zero-order valence-corrected chi connectivity index (χ0v) is 12.2. The predicted molar refractivity (Wildman–Crippen MR) is 74.3 cm³/mol. The van der Waals surface area contributed by atoms with Gasteiger partial charge in [0.25, 0.3) is 0 Å². The Hall–Kier alpha value is -1.70. The Bertz CT molecular complexity index is 707. The molecule has 1 aromatic carbocycles. The maximum Gasteiger partial charge on any atom is 0.241 e. The molecule has 2 N–H and O–H groups in total. The van der Waals surface area contributed by atoms with Crippen molar-refractivity contribution in [3.63, 3.8) is 0 Å². The van der Waals surface area contributed by atoms with Crippen molar-refractivity contribution in [1.82, 2.24) is 14.5 Å². The Labute approximate surface area is 118 Å². The normalized spacial score (nSPS) is 11.8. The minimum atomic E-state index is -3.61. The Kier molecular flexibility index (Phi) is 4.22. The number of benzene rings is 1. The SMILES string of the molecule is Cc1ccc(CO)cc1S(=O)(=O)NCc1cnn(C)c1. The number of aromatic nitrogens is 2. The number of sulfonamides is 1. The van der Waals surface area contributed by atoms with E-state index in [4.69, 9.17) is 5.11 Å². The standard InChI is InChI=1S/C13H17N3O3S/c1-10-3-4-11(9-17)5-13(10)20(18,19)15-7-12-6-14-16(2)8-12/h3-6,8,15,17H,7,9H2,1-2H3. The van der Waals surface area contributed by atoms with E-state index in [1.807, 2.05) is 0 Å². The maximum atomic E-state index is 12.3. The van der Waals surface area contributed by atoms with Gasteiger partial charge in [0.05, 0.1) is 17.7 Å². The van der Waals surface area contributed by atoms with Crippen molar-refractivity contribution < 1.29 is 13.5 Å². The molecule has 0 aliphatic rings. The van der Waals surface area contributed by atoms with Gasteiger partial charge in [-0.1, -0.05) is 12.1 Å². The molecule has 0 aliphatic heterocycles. The van der Waals surface area contributed by atoms with E-state index in [1.165, 1.54) is 6.07 Å². The molecule has 0 bridgehead atoms. The van der Waals surface area contributed by atoms with Crippen molar-refractivity contribution in [2.24, 2.45) is 7.05 Å². The van der Waals surface area contributed by atoms with Crippen molar-refractivity contribution in [3.05, 3.63) is 47.3 Å². The first-order valence-electron chi connectivity index (χ1n) is 6.10. The van der Waals surface area contributed by atoms with Crippen LogP contribution in [0.15, 0.2) is 35.5 Å². The van der Waals surface area contributed by atoms with Crippen molar-refractivity contribution in [2.75, 3.05) is 0 Å². The van der Waals surface area contributed by atoms with E-state index >= 15 is 0 Å². The smallest absolute Gasteiger partial charge is 0.241 e. The minimum absolute atomic E-state index is 0.180.